The van der Waals surface area contributed by atoms with E-state index in [2.05, 4.69) is 5.32 Å². The molecule has 7 nitrogen and oxygen atoms in total. The molecule has 1 heterocycles. The second-order valence-corrected chi connectivity index (χ2v) is 8.67. The first-order chi connectivity index (χ1) is 13.3. The van der Waals surface area contributed by atoms with Crippen molar-refractivity contribution in [3.63, 3.8) is 0 Å². The Kier molecular flexibility index (Phi) is 5.81. The van der Waals surface area contributed by atoms with Crippen molar-refractivity contribution >= 4 is 27.6 Å². The Labute approximate surface area is 164 Å². The summed E-state index contributed by atoms with van der Waals surface area (Å²) < 4.78 is 27.4. The molecule has 0 aliphatic carbocycles. The van der Waals surface area contributed by atoms with Gasteiger partial charge < -0.3 is 15.2 Å². The third-order valence-corrected chi connectivity index (χ3v) is 6.78. The molecule has 0 bridgehead atoms. The van der Waals surface area contributed by atoms with E-state index in [1.165, 1.54) is 28.6 Å². The zero-order valence-electron chi connectivity index (χ0n) is 15.5. The molecule has 2 aromatic carbocycles. The molecule has 0 radical (unpaired) electrons. The van der Waals surface area contributed by atoms with Gasteiger partial charge in [-0.05, 0) is 55.2 Å². The molecular weight excluding hydrogens is 380 g/mol. The number of carbonyl (C=O) groups excluding carboxylic acids is 2. The summed E-state index contributed by atoms with van der Waals surface area (Å²) in [6.07, 6.45) is 2.67. The Morgan fingerprint density at radius 3 is 2.39 bits per heavy atom. The highest BCUT2D eigenvalue weighted by molar-refractivity contribution is 7.89. The first-order valence-corrected chi connectivity index (χ1v) is 10.5. The number of carboxylic acids is 1. The number of hydrogen-bond donors (Lipinski definition) is 1. The number of sulfonamides is 1. The third-order valence-electron chi connectivity index (χ3n) is 4.74. The maximum atomic E-state index is 13.0. The summed E-state index contributed by atoms with van der Waals surface area (Å²) in [5, 5.41) is 13.5. The van der Waals surface area contributed by atoms with Crippen LogP contribution in [0.15, 0.2) is 47.4 Å². The molecule has 0 spiro atoms. The quantitative estimate of drug-likeness (QED) is 0.822. The molecule has 0 saturated carbocycles. The van der Waals surface area contributed by atoms with Crippen LogP contribution in [0.1, 0.15) is 45.5 Å². The molecule has 0 atom stereocenters. The lowest BCUT2D eigenvalue weighted by Gasteiger charge is -2.26. The molecule has 1 aliphatic heterocycles. The van der Waals surface area contributed by atoms with Gasteiger partial charge >= 0.3 is 0 Å². The minimum Gasteiger partial charge on any atom is -0.545 e. The van der Waals surface area contributed by atoms with E-state index in [1.54, 1.807) is 25.1 Å². The van der Waals surface area contributed by atoms with E-state index in [0.29, 0.717) is 18.7 Å². The fourth-order valence-corrected chi connectivity index (χ4v) is 4.96. The van der Waals surface area contributed by atoms with Crippen LogP contribution < -0.4 is 10.4 Å². The number of nitrogens with zero attached hydrogens (tertiary/aromatic N) is 1. The zero-order chi connectivity index (χ0) is 20.3. The maximum Gasteiger partial charge on any atom is 0.255 e. The van der Waals surface area contributed by atoms with Crippen molar-refractivity contribution < 1.29 is 23.1 Å². The van der Waals surface area contributed by atoms with Crippen molar-refractivity contribution in [2.45, 2.75) is 31.1 Å². The number of hydrogen-bond acceptors (Lipinski definition) is 5. The Morgan fingerprint density at radius 2 is 1.71 bits per heavy atom. The lowest BCUT2D eigenvalue weighted by atomic mass is 10.1. The van der Waals surface area contributed by atoms with Gasteiger partial charge in [-0.15, -0.1) is 0 Å². The number of nitrogens with one attached hydrogen (secondary N) is 1. The average Bonchev–Trinajstić information content (AvgIpc) is 2.69. The lowest BCUT2D eigenvalue weighted by Crippen LogP contribution is -2.36. The number of aryl methyl sites for hydroxylation is 1. The number of piperidine rings is 1. The Bertz CT molecular complexity index is 1010. The van der Waals surface area contributed by atoms with Gasteiger partial charge in [-0.25, -0.2) is 8.42 Å². The van der Waals surface area contributed by atoms with Crippen LogP contribution >= 0.6 is 0 Å². The van der Waals surface area contributed by atoms with Crippen LogP contribution in [0.4, 0.5) is 5.69 Å². The average molecular weight is 401 g/mol. The van der Waals surface area contributed by atoms with Crippen molar-refractivity contribution in [3.8, 4) is 0 Å². The first-order valence-electron chi connectivity index (χ1n) is 9.02. The molecule has 3 rings (SSSR count). The van der Waals surface area contributed by atoms with Gasteiger partial charge in [-0.1, -0.05) is 24.6 Å². The van der Waals surface area contributed by atoms with Gasteiger partial charge in [-0.3, -0.25) is 4.79 Å². The van der Waals surface area contributed by atoms with Gasteiger partial charge in [0.05, 0.1) is 10.9 Å². The lowest BCUT2D eigenvalue weighted by molar-refractivity contribution is -0.255. The smallest absolute Gasteiger partial charge is 0.255 e. The molecule has 1 fully saturated rings. The molecule has 148 valence electrons. The van der Waals surface area contributed by atoms with Crippen LogP contribution in [0.25, 0.3) is 0 Å². The number of anilines is 1. The van der Waals surface area contributed by atoms with Crippen molar-refractivity contribution in [1.29, 1.82) is 0 Å². The molecule has 28 heavy (non-hydrogen) atoms. The predicted octanol–water partition coefficient (Wildman–Crippen LogP) is 1.79. The van der Waals surface area contributed by atoms with Crippen LogP contribution in [-0.2, 0) is 10.0 Å². The largest absolute Gasteiger partial charge is 0.545 e. The highest BCUT2D eigenvalue weighted by atomic mass is 32.2. The summed E-state index contributed by atoms with van der Waals surface area (Å²) in [6, 6.07) is 10.2. The maximum absolute atomic E-state index is 13.0. The van der Waals surface area contributed by atoms with Crippen molar-refractivity contribution in [2.75, 3.05) is 18.4 Å². The summed E-state index contributed by atoms with van der Waals surface area (Å²) in [5.41, 5.74) is 0.976. The topological polar surface area (TPSA) is 107 Å². The van der Waals surface area contributed by atoms with Gasteiger partial charge in [0.1, 0.15) is 0 Å². The van der Waals surface area contributed by atoms with Crippen LogP contribution in [0, 0.1) is 6.92 Å². The van der Waals surface area contributed by atoms with E-state index in [4.69, 9.17) is 0 Å². The van der Waals surface area contributed by atoms with E-state index >= 15 is 0 Å². The second kappa shape index (κ2) is 8.12. The summed E-state index contributed by atoms with van der Waals surface area (Å²) >= 11 is 0. The second-order valence-electron chi connectivity index (χ2n) is 6.77. The van der Waals surface area contributed by atoms with Crippen LogP contribution in [0.2, 0.25) is 0 Å². The number of amides is 1. The molecule has 2 aromatic rings. The van der Waals surface area contributed by atoms with Gasteiger partial charge in [0.2, 0.25) is 10.0 Å². The molecule has 1 saturated heterocycles. The number of benzene rings is 2. The highest BCUT2D eigenvalue weighted by Gasteiger charge is 2.28. The normalized spacial score (nSPS) is 15.2. The van der Waals surface area contributed by atoms with E-state index in [-0.39, 0.29) is 21.7 Å². The van der Waals surface area contributed by atoms with Crippen molar-refractivity contribution in [3.05, 3.63) is 59.2 Å². The van der Waals surface area contributed by atoms with E-state index in [1.807, 2.05) is 0 Å². The summed E-state index contributed by atoms with van der Waals surface area (Å²) in [6.45, 7) is 2.66. The minimum absolute atomic E-state index is 0.0601. The van der Waals surface area contributed by atoms with Gasteiger partial charge in [-0.2, -0.15) is 4.31 Å². The van der Waals surface area contributed by atoms with E-state index < -0.39 is 21.9 Å². The molecule has 1 aliphatic rings. The number of carboxylic acid groups (broad SMARTS) is 1. The molecule has 1 amide bonds. The zero-order valence-corrected chi connectivity index (χ0v) is 16.3. The molecule has 1 N–H and O–H groups in total. The predicted molar refractivity (Wildman–Crippen MR) is 103 cm³/mol. The number of rotatable bonds is 5. The van der Waals surface area contributed by atoms with Gasteiger partial charge in [0, 0.05) is 24.3 Å². The number of carbonyl (C=O) groups is 2. The Morgan fingerprint density at radius 1 is 1.00 bits per heavy atom. The Hall–Kier alpha value is -2.71. The van der Waals surface area contributed by atoms with Crippen LogP contribution in [0.5, 0.6) is 0 Å². The Balaban J connectivity index is 1.87. The van der Waals surface area contributed by atoms with E-state index in [9.17, 15) is 23.1 Å². The standard InChI is InChI=1S/C20H22N2O5S/c1-14-8-9-15(13-18(14)28(26,27)22-10-3-2-4-11-22)19(23)21-17-7-5-6-16(12-17)20(24)25/h5-9,12-13H,2-4,10-11H2,1H3,(H,21,23)(H,24,25)/p-1. The van der Waals surface area contributed by atoms with E-state index in [0.717, 1.165) is 19.3 Å². The highest BCUT2D eigenvalue weighted by Crippen LogP contribution is 2.25. The summed E-state index contributed by atoms with van der Waals surface area (Å²) in [7, 11) is -3.67. The van der Waals surface area contributed by atoms with Crippen molar-refractivity contribution in [1.82, 2.24) is 4.31 Å². The molecule has 0 unspecified atom stereocenters. The minimum atomic E-state index is -3.67. The first kappa shape index (κ1) is 20.0. The fourth-order valence-electron chi connectivity index (χ4n) is 3.19. The molecular formula is C20H21N2O5S-. The summed E-state index contributed by atoms with van der Waals surface area (Å²) in [5.74, 6) is -1.87. The van der Waals surface area contributed by atoms with Gasteiger partial charge in [0.25, 0.3) is 5.91 Å². The van der Waals surface area contributed by atoms with Crippen LogP contribution in [-0.4, -0.2) is 37.7 Å². The van der Waals surface area contributed by atoms with Crippen molar-refractivity contribution in [2.24, 2.45) is 0 Å². The number of aromatic carboxylic acids is 1. The molecule has 0 aromatic heterocycles. The third kappa shape index (κ3) is 4.23. The molecule has 8 heteroatoms. The van der Waals surface area contributed by atoms with Crippen LogP contribution in [0.3, 0.4) is 0 Å². The fraction of sp³-hybridized carbons (Fsp3) is 0.300. The van der Waals surface area contributed by atoms with Gasteiger partial charge in [0.15, 0.2) is 0 Å². The SMILES string of the molecule is Cc1ccc(C(=O)Nc2cccc(C(=O)[O-])c2)cc1S(=O)(=O)N1CCCCC1. The summed E-state index contributed by atoms with van der Waals surface area (Å²) in [4.78, 5) is 23.7. The monoisotopic (exact) mass is 401 g/mol.